The van der Waals surface area contributed by atoms with E-state index in [0.717, 1.165) is 11.1 Å². The Hall–Kier alpha value is -2.29. The van der Waals surface area contributed by atoms with E-state index in [1.54, 1.807) is 12.1 Å². The number of hydrogen-bond acceptors (Lipinski definition) is 2. The zero-order valence-corrected chi connectivity index (χ0v) is 14.0. The van der Waals surface area contributed by atoms with Gasteiger partial charge in [-0.1, -0.05) is 56.3 Å². The average Bonchev–Trinajstić information content (AvgIpc) is 2.54. The number of carbonyl (C=O) groups excluding carboxylic acids is 1. The lowest BCUT2D eigenvalue weighted by Gasteiger charge is -2.15. The number of rotatable bonds is 6. The molecule has 0 aliphatic rings. The van der Waals surface area contributed by atoms with Crippen molar-refractivity contribution in [1.29, 1.82) is 0 Å². The monoisotopic (exact) mass is 311 g/mol. The molecule has 0 saturated heterocycles. The maximum atomic E-state index is 12.1. The van der Waals surface area contributed by atoms with Crippen LogP contribution in [0.25, 0.3) is 0 Å². The summed E-state index contributed by atoms with van der Waals surface area (Å²) in [7, 11) is 0. The van der Waals surface area contributed by atoms with E-state index in [-0.39, 0.29) is 17.7 Å². The Bertz CT molecular complexity index is 647. The number of phenolic OH excluding ortho intramolecular Hbond substituents is 1. The molecule has 2 aromatic carbocycles. The summed E-state index contributed by atoms with van der Waals surface area (Å²) in [5, 5.41) is 12.7. The van der Waals surface area contributed by atoms with Crippen molar-refractivity contribution in [2.45, 2.75) is 45.6 Å². The summed E-state index contributed by atoms with van der Waals surface area (Å²) in [5.74, 6) is 0.749. The minimum absolute atomic E-state index is 0.00584. The van der Waals surface area contributed by atoms with Crippen LogP contribution < -0.4 is 5.32 Å². The molecule has 3 heteroatoms. The first-order valence-corrected chi connectivity index (χ1v) is 8.13. The molecule has 0 fully saturated rings. The number of nitrogens with one attached hydrogen (secondary N) is 1. The van der Waals surface area contributed by atoms with Gasteiger partial charge >= 0.3 is 0 Å². The van der Waals surface area contributed by atoms with Crippen molar-refractivity contribution >= 4 is 5.91 Å². The lowest BCUT2D eigenvalue weighted by Crippen LogP contribution is -2.26. The molecule has 2 aromatic rings. The Morgan fingerprint density at radius 3 is 2.22 bits per heavy atom. The highest BCUT2D eigenvalue weighted by Crippen LogP contribution is 2.20. The Morgan fingerprint density at radius 1 is 1.00 bits per heavy atom. The SMILES string of the molecule is CC(C)c1ccc(C(C)NC(=O)CCc2ccccc2O)cc1. The second kappa shape index (κ2) is 7.82. The fourth-order valence-corrected chi connectivity index (χ4v) is 2.54. The van der Waals surface area contributed by atoms with E-state index in [1.165, 1.54) is 5.56 Å². The van der Waals surface area contributed by atoms with Crippen molar-refractivity contribution in [2.75, 3.05) is 0 Å². The molecule has 3 nitrogen and oxygen atoms in total. The molecular weight excluding hydrogens is 286 g/mol. The van der Waals surface area contributed by atoms with Crippen molar-refractivity contribution in [3.63, 3.8) is 0 Å². The van der Waals surface area contributed by atoms with Gasteiger partial charge in [-0.15, -0.1) is 0 Å². The molecule has 0 aromatic heterocycles. The lowest BCUT2D eigenvalue weighted by molar-refractivity contribution is -0.121. The number of para-hydroxylation sites is 1. The van der Waals surface area contributed by atoms with Crippen LogP contribution in [0.3, 0.4) is 0 Å². The van der Waals surface area contributed by atoms with E-state index in [1.807, 2.05) is 19.1 Å². The standard InChI is InChI=1S/C20H25NO2/c1-14(2)16-8-10-17(11-9-16)15(3)21-20(23)13-12-18-6-4-5-7-19(18)22/h4-11,14-15,22H,12-13H2,1-3H3,(H,21,23). The molecule has 0 spiro atoms. The Labute approximate surface area is 138 Å². The molecule has 0 radical (unpaired) electrons. The summed E-state index contributed by atoms with van der Waals surface area (Å²) in [5.41, 5.74) is 3.20. The van der Waals surface area contributed by atoms with Gasteiger partial charge < -0.3 is 10.4 Å². The van der Waals surface area contributed by atoms with Crippen LogP contribution in [0.4, 0.5) is 0 Å². The van der Waals surface area contributed by atoms with Gasteiger partial charge in [0.25, 0.3) is 0 Å². The van der Waals surface area contributed by atoms with Crippen LogP contribution in [-0.2, 0) is 11.2 Å². The number of carbonyl (C=O) groups is 1. The fraction of sp³-hybridized carbons (Fsp3) is 0.350. The Morgan fingerprint density at radius 2 is 1.61 bits per heavy atom. The third-order valence-corrected chi connectivity index (χ3v) is 4.09. The van der Waals surface area contributed by atoms with Crippen molar-refractivity contribution in [2.24, 2.45) is 0 Å². The predicted octanol–water partition coefficient (Wildman–Crippen LogP) is 4.33. The van der Waals surface area contributed by atoms with E-state index in [9.17, 15) is 9.90 Å². The van der Waals surface area contributed by atoms with Crippen molar-refractivity contribution in [1.82, 2.24) is 5.32 Å². The summed E-state index contributed by atoms with van der Waals surface area (Å²) in [6.45, 7) is 6.32. The zero-order chi connectivity index (χ0) is 16.8. The number of aromatic hydroxyl groups is 1. The van der Waals surface area contributed by atoms with Crippen LogP contribution in [0, 0.1) is 0 Å². The van der Waals surface area contributed by atoms with Crippen LogP contribution in [0.2, 0.25) is 0 Å². The molecule has 2 rings (SSSR count). The third-order valence-electron chi connectivity index (χ3n) is 4.09. The number of aryl methyl sites for hydroxylation is 1. The summed E-state index contributed by atoms with van der Waals surface area (Å²) < 4.78 is 0. The highest BCUT2D eigenvalue weighted by molar-refractivity contribution is 5.76. The van der Waals surface area contributed by atoms with Gasteiger partial charge in [0.2, 0.25) is 5.91 Å². The van der Waals surface area contributed by atoms with E-state index in [2.05, 4.69) is 43.4 Å². The summed E-state index contributed by atoms with van der Waals surface area (Å²) in [6, 6.07) is 15.5. The molecule has 23 heavy (non-hydrogen) atoms. The van der Waals surface area contributed by atoms with Gasteiger partial charge in [-0.25, -0.2) is 0 Å². The number of phenols is 1. The molecule has 122 valence electrons. The van der Waals surface area contributed by atoms with Crippen LogP contribution >= 0.6 is 0 Å². The van der Waals surface area contributed by atoms with Crippen molar-refractivity contribution in [3.8, 4) is 5.75 Å². The van der Waals surface area contributed by atoms with Gasteiger partial charge in [0, 0.05) is 6.42 Å². The van der Waals surface area contributed by atoms with E-state index in [4.69, 9.17) is 0 Å². The molecule has 1 amide bonds. The zero-order valence-electron chi connectivity index (χ0n) is 14.0. The molecule has 1 unspecified atom stereocenters. The maximum Gasteiger partial charge on any atom is 0.220 e. The normalized spacial score (nSPS) is 12.2. The first-order chi connectivity index (χ1) is 11.0. The second-order valence-electron chi connectivity index (χ2n) is 6.24. The van der Waals surface area contributed by atoms with Gasteiger partial charge in [0.15, 0.2) is 0 Å². The van der Waals surface area contributed by atoms with Gasteiger partial charge in [-0.2, -0.15) is 0 Å². The van der Waals surface area contributed by atoms with Gasteiger partial charge in [0.1, 0.15) is 5.75 Å². The summed E-state index contributed by atoms with van der Waals surface area (Å²) in [6.07, 6.45) is 0.906. The minimum Gasteiger partial charge on any atom is -0.508 e. The fourth-order valence-electron chi connectivity index (χ4n) is 2.54. The van der Waals surface area contributed by atoms with Gasteiger partial charge in [0.05, 0.1) is 6.04 Å². The number of hydrogen-bond donors (Lipinski definition) is 2. The van der Waals surface area contributed by atoms with E-state index >= 15 is 0 Å². The molecule has 0 heterocycles. The molecule has 2 N–H and O–H groups in total. The van der Waals surface area contributed by atoms with E-state index < -0.39 is 0 Å². The predicted molar refractivity (Wildman–Crippen MR) is 93.5 cm³/mol. The highest BCUT2D eigenvalue weighted by atomic mass is 16.3. The van der Waals surface area contributed by atoms with Crippen molar-refractivity contribution in [3.05, 3.63) is 65.2 Å². The molecule has 0 aliphatic heterocycles. The summed E-state index contributed by atoms with van der Waals surface area (Å²) >= 11 is 0. The Balaban J connectivity index is 1.88. The van der Waals surface area contributed by atoms with Gasteiger partial charge in [-0.3, -0.25) is 4.79 Å². The molecular formula is C20H25NO2. The lowest BCUT2D eigenvalue weighted by atomic mass is 9.99. The molecule has 0 bridgehead atoms. The maximum absolute atomic E-state index is 12.1. The number of benzene rings is 2. The first-order valence-electron chi connectivity index (χ1n) is 8.13. The highest BCUT2D eigenvalue weighted by Gasteiger charge is 2.11. The third kappa shape index (κ3) is 4.85. The average molecular weight is 311 g/mol. The van der Waals surface area contributed by atoms with Crippen LogP contribution in [0.1, 0.15) is 55.8 Å². The second-order valence-corrected chi connectivity index (χ2v) is 6.24. The first kappa shape index (κ1) is 17.1. The van der Waals surface area contributed by atoms with Crippen LogP contribution in [0.5, 0.6) is 5.75 Å². The molecule has 1 atom stereocenters. The van der Waals surface area contributed by atoms with Crippen LogP contribution in [-0.4, -0.2) is 11.0 Å². The quantitative estimate of drug-likeness (QED) is 0.834. The minimum atomic E-state index is -0.0203. The Kier molecular flexibility index (Phi) is 5.80. The number of amides is 1. The van der Waals surface area contributed by atoms with Crippen LogP contribution in [0.15, 0.2) is 48.5 Å². The van der Waals surface area contributed by atoms with E-state index in [0.29, 0.717) is 18.8 Å². The van der Waals surface area contributed by atoms with Gasteiger partial charge in [-0.05, 0) is 42.0 Å². The summed E-state index contributed by atoms with van der Waals surface area (Å²) in [4.78, 5) is 12.1. The smallest absolute Gasteiger partial charge is 0.220 e. The molecule has 0 aliphatic carbocycles. The van der Waals surface area contributed by atoms with Crippen molar-refractivity contribution < 1.29 is 9.90 Å². The topological polar surface area (TPSA) is 49.3 Å². The largest absolute Gasteiger partial charge is 0.508 e. The molecule has 0 saturated carbocycles.